The second-order valence-electron chi connectivity index (χ2n) is 7.80. The Hall–Kier alpha value is -3.91. The molecule has 176 valence electrons. The van der Waals surface area contributed by atoms with Crippen LogP contribution in [0.4, 0.5) is 5.69 Å². The molecule has 1 aliphatic rings. The minimum Gasteiger partial charge on any atom is -0.507 e. The zero-order valence-corrected chi connectivity index (χ0v) is 19.6. The molecule has 1 aromatic heterocycles. The summed E-state index contributed by atoms with van der Waals surface area (Å²) in [5.74, 6) is -1.33. The molecule has 2 aromatic carbocycles. The number of phenols is 1. The van der Waals surface area contributed by atoms with Crippen molar-refractivity contribution in [2.45, 2.75) is 19.9 Å². The first-order valence-corrected chi connectivity index (χ1v) is 10.6. The van der Waals surface area contributed by atoms with Gasteiger partial charge in [-0.3, -0.25) is 14.5 Å². The van der Waals surface area contributed by atoms with Crippen molar-refractivity contribution < 1.29 is 33.7 Å². The molecule has 1 amide bonds. The standard InChI is InChI=1S/C25H22ClNO7/c1-12-5-7-17(28)16(9-12)27-22(18-8-6-13(2)34-18)21(24(30)25(27)31)23(29)14-10-15(26)20(33-4)11-19(14)32-3/h5-11,22,28-29H,1-4H3/b23-21+. The highest BCUT2D eigenvalue weighted by atomic mass is 35.5. The summed E-state index contributed by atoms with van der Waals surface area (Å²) >= 11 is 6.27. The van der Waals surface area contributed by atoms with E-state index >= 15 is 0 Å². The predicted molar refractivity (Wildman–Crippen MR) is 126 cm³/mol. The summed E-state index contributed by atoms with van der Waals surface area (Å²) in [6.45, 7) is 3.50. The number of halogens is 1. The molecule has 9 heteroatoms. The van der Waals surface area contributed by atoms with Crippen LogP contribution in [0.5, 0.6) is 17.2 Å². The van der Waals surface area contributed by atoms with Crippen LogP contribution in [0.1, 0.15) is 28.7 Å². The molecule has 3 aromatic rings. The average molecular weight is 484 g/mol. The maximum atomic E-state index is 13.3. The van der Waals surface area contributed by atoms with E-state index in [1.54, 1.807) is 38.1 Å². The molecule has 0 aliphatic carbocycles. The molecule has 1 unspecified atom stereocenters. The second-order valence-corrected chi connectivity index (χ2v) is 8.20. The zero-order chi connectivity index (χ0) is 24.7. The number of furan rings is 1. The van der Waals surface area contributed by atoms with Crippen LogP contribution in [0.25, 0.3) is 5.76 Å². The molecule has 1 atom stereocenters. The lowest BCUT2D eigenvalue weighted by atomic mass is 9.98. The summed E-state index contributed by atoms with van der Waals surface area (Å²) in [6, 6.07) is 9.67. The van der Waals surface area contributed by atoms with E-state index in [9.17, 15) is 19.8 Å². The lowest BCUT2D eigenvalue weighted by Gasteiger charge is -2.24. The minimum absolute atomic E-state index is 0.0908. The highest BCUT2D eigenvalue weighted by Gasteiger charge is 2.49. The molecule has 0 bridgehead atoms. The van der Waals surface area contributed by atoms with Gasteiger partial charge in [-0.05, 0) is 49.7 Å². The van der Waals surface area contributed by atoms with Crippen LogP contribution < -0.4 is 14.4 Å². The molecule has 0 radical (unpaired) electrons. The van der Waals surface area contributed by atoms with Gasteiger partial charge in [0.05, 0.1) is 36.1 Å². The number of amides is 1. The normalized spacial score (nSPS) is 17.3. The van der Waals surface area contributed by atoms with E-state index in [0.717, 1.165) is 10.5 Å². The van der Waals surface area contributed by atoms with Crippen molar-refractivity contribution in [3.05, 3.63) is 75.7 Å². The van der Waals surface area contributed by atoms with Gasteiger partial charge in [-0.1, -0.05) is 17.7 Å². The third-order valence-corrected chi connectivity index (χ3v) is 5.89. The van der Waals surface area contributed by atoms with Crippen molar-refractivity contribution in [2.75, 3.05) is 19.1 Å². The summed E-state index contributed by atoms with van der Waals surface area (Å²) in [7, 11) is 2.81. The number of carbonyl (C=O) groups is 2. The van der Waals surface area contributed by atoms with Gasteiger partial charge in [0.15, 0.2) is 0 Å². The number of ether oxygens (including phenoxy) is 2. The molecule has 0 saturated carbocycles. The van der Waals surface area contributed by atoms with E-state index in [2.05, 4.69) is 0 Å². The SMILES string of the molecule is COc1cc(OC)c(/C(O)=C2\C(=O)C(=O)N(c3cc(C)ccc3O)C2c2ccc(C)o2)cc1Cl. The molecule has 4 rings (SSSR count). The number of benzene rings is 2. The van der Waals surface area contributed by atoms with E-state index < -0.39 is 23.5 Å². The molecular weight excluding hydrogens is 462 g/mol. The number of aliphatic hydroxyl groups is 1. The van der Waals surface area contributed by atoms with Crippen LogP contribution in [0, 0.1) is 13.8 Å². The number of methoxy groups -OCH3 is 2. The zero-order valence-electron chi connectivity index (χ0n) is 18.9. The smallest absolute Gasteiger partial charge is 0.300 e. The molecular formula is C25H22ClNO7. The van der Waals surface area contributed by atoms with Gasteiger partial charge in [-0.2, -0.15) is 0 Å². The van der Waals surface area contributed by atoms with Crippen LogP contribution in [0.15, 0.2) is 52.5 Å². The second kappa shape index (κ2) is 8.79. The van der Waals surface area contributed by atoms with Crippen molar-refractivity contribution in [3.63, 3.8) is 0 Å². The molecule has 1 aliphatic heterocycles. The topological polar surface area (TPSA) is 109 Å². The quantitative estimate of drug-likeness (QED) is 0.302. The van der Waals surface area contributed by atoms with Gasteiger partial charge in [-0.15, -0.1) is 0 Å². The lowest BCUT2D eigenvalue weighted by molar-refractivity contribution is -0.132. The number of aryl methyl sites for hydroxylation is 2. The van der Waals surface area contributed by atoms with Crippen molar-refractivity contribution in [3.8, 4) is 17.2 Å². The Morgan fingerprint density at radius 3 is 2.35 bits per heavy atom. The van der Waals surface area contributed by atoms with Crippen molar-refractivity contribution in [1.82, 2.24) is 0 Å². The predicted octanol–water partition coefficient (Wildman–Crippen LogP) is 4.90. The number of rotatable bonds is 5. The molecule has 0 spiro atoms. The largest absolute Gasteiger partial charge is 0.507 e. The summed E-state index contributed by atoms with van der Waals surface area (Å²) in [6.07, 6.45) is 0. The van der Waals surface area contributed by atoms with E-state index in [0.29, 0.717) is 11.5 Å². The number of nitrogens with zero attached hydrogens (tertiary/aromatic N) is 1. The van der Waals surface area contributed by atoms with Gasteiger partial charge in [0, 0.05) is 6.07 Å². The first-order chi connectivity index (χ1) is 16.2. The van der Waals surface area contributed by atoms with Gasteiger partial charge >= 0.3 is 0 Å². The van der Waals surface area contributed by atoms with Gasteiger partial charge in [0.25, 0.3) is 11.7 Å². The van der Waals surface area contributed by atoms with Crippen LogP contribution in [0.3, 0.4) is 0 Å². The number of ketones is 1. The number of hydrogen-bond donors (Lipinski definition) is 2. The monoisotopic (exact) mass is 483 g/mol. The Bertz CT molecular complexity index is 1340. The lowest BCUT2D eigenvalue weighted by Crippen LogP contribution is -2.29. The van der Waals surface area contributed by atoms with Crippen molar-refractivity contribution in [1.29, 1.82) is 0 Å². The first kappa shape index (κ1) is 23.3. The van der Waals surface area contributed by atoms with E-state index in [-0.39, 0.29) is 39.1 Å². The van der Waals surface area contributed by atoms with Gasteiger partial charge in [0.1, 0.15) is 40.6 Å². The van der Waals surface area contributed by atoms with Gasteiger partial charge in [-0.25, -0.2) is 0 Å². The Labute approximate surface area is 200 Å². The first-order valence-electron chi connectivity index (χ1n) is 10.3. The fourth-order valence-corrected chi connectivity index (χ4v) is 4.21. The van der Waals surface area contributed by atoms with E-state index in [4.69, 9.17) is 25.5 Å². The molecule has 34 heavy (non-hydrogen) atoms. The Balaban J connectivity index is 2.01. The van der Waals surface area contributed by atoms with Crippen molar-refractivity contribution >= 4 is 34.7 Å². The molecule has 8 nitrogen and oxygen atoms in total. The molecule has 1 saturated heterocycles. The summed E-state index contributed by atoms with van der Waals surface area (Å²) in [5, 5.41) is 22.0. The number of Topliss-reactive ketones (excluding diaryl/α,β-unsaturated/α-hetero) is 1. The highest BCUT2D eigenvalue weighted by Crippen LogP contribution is 2.47. The molecule has 1 fully saturated rings. The molecule has 2 N–H and O–H groups in total. The van der Waals surface area contributed by atoms with Gasteiger partial charge < -0.3 is 24.1 Å². The number of phenolic OH excluding ortho intramolecular Hbond substituents is 1. The maximum absolute atomic E-state index is 13.3. The number of hydrogen-bond acceptors (Lipinski definition) is 7. The Morgan fingerprint density at radius 2 is 1.74 bits per heavy atom. The van der Waals surface area contributed by atoms with E-state index in [1.807, 2.05) is 0 Å². The summed E-state index contributed by atoms with van der Waals surface area (Å²) in [4.78, 5) is 27.6. The van der Waals surface area contributed by atoms with Crippen LogP contribution >= 0.6 is 11.6 Å². The third-order valence-electron chi connectivity index (χ3n) is 5.59. The number of anilines is 1. The highest BCUT2D eigenvalue weighted by molar-refractivity contribution is 6.52. The summed E-state index contributed by atoms with van der Waals surface area (Å²) in [5.41, 5.74) is 0.723. The minimum atomic E-state index is -1.15. The van der Waals surface area contributed by atoms with Crippen LogP contribution in [-0.4, -0.2) is 36.1 Å². The van der Waals surface area contributed by atoms with Crippen molar-refractivity contribution in [2.24, 2.45) is 0 Å². The van der Waals surface area contributed by atoms with Crippen LogP contribution in [-0.2, 0) is 9.59 Å². The maximum Gasteiger partial charge on any atom is 0.300 e. The van der Waals surface area contributed by atoms with Crippen LogP contribution in [0.2, 0.25) is 5.02 Å². The summed E-state index contributed by atoms with van der Waals surface area (Å²) < 4.78 is 16.3. The third kappa shape index (κ3) is 3.76. The number of carbonyl (C=O) groups excluding carboxylic acids is 2. The van der Waals surface area contributed by atoms with Gasteiger partial charge in [0.2, 0.25) is 0 Å². The average Bonchev–Trinajstić information content (AvgIpc) is 3.35. The fraction of sp³-hybridized carbons (Fsp3) is 0.200. The fourth-order valence-electron chi connectivity index (χ4n) is 3.97. The number of aromatic hydroxyl groups is 1. The molecule has 2 heterocycles. The number of aliphatic hydroxyl groups excluding tert-OH is 1. The van der Waals surface area contributed by atoms with E-state index in [1.165, 1.54) is 32.4 Å². The Morgan fingerprint density at radius 1 is 1.03 bits per heavy atom. The Kier molecular flexibility index (Phi) is 6.01.